The smallest absolute Gasteiger partial charge is 0.319 e. The molecule has 0 bridgehead atoms. The standard InChI is InChI=1S/C19H32N6O3/c1-14(2)23-7-8-28-17(13-23)10-18(26)20-11-15-9-16-12-24(19(27)22(3)4)5-6-25(16)21-15/h9,14,17H,5-8,10-13H2,1-4H3,(H,20,26)/t17-/m1/s1. The number of urea groups is 1. The van der Waals surface area contributed by atoms with E-state index in [-0.39, 0.29) is 18.0 Å². The Morgan fingerprint density at radius 2 is 2.11 bits per heavy atom. The Labute approximate surface area is 166 Å². The van der Waals surface area contributed by atoms with Gasteiger partial charge in [0, 0.05) is 39.8 Å². The van der Waals surface area contributed by atoms with Gasteiger partial charge in [-0.3, -0.25) is 14.4 Å². The zero-order chi connectivity index (χ0) is 20.3. The zero-order valence-electron chi connectivity index (χ0n) is 17.3. The summed E-state index contributed by atoms with van der Waals surface area (Å²) in [5.74, 6) is -0.0222. The normalized spacial score (nSPS) is 20.2. The first-order valence-corrected chi connectivity index (χ1v) is 9.97. The fourth-order valence-electron chi connectivity index (χ4n) is 3.66. The summed E-state index contributed by atoms with van der Waals surface area (Å²) < 4.78 is 7.66. The van der Waals surface area contributed by atoms with Gasteiger partial charge >= 0.3 is 6.03 Å². The maximum atomic E-state index is 12.3. The molecule has 0 saturated carbocycles. The van der Waals surface area contributed by atoms with E-state index >= 15 is 0 Å². The van der Waals surface area contributed by atoms with E-state index in [0.717, 1.165) is 24.5 Å². The molecule has 3 amide bonds. The molecule has 0 aromatic carbocycles. The minimum atomic E-state index is -0.0584. The number of hydrogen-bond acceptors (Lipinski definition) is 5. The van der Waals surface area contributed by atoms with Gasteiger partial charge in [0.2, 0.25) is 5.91 Å². The number of nitrogens with zero attached hydrogens (tertiary/aromatic N) is 5. The highest BCUT2D eigenvalue weighted by molar-refractivity contribution is 5.76. The lowest BCUT2D eigenvalue weighted by Crippen LogP contribution is -2.47. The van der Waals surface area contributed by atoms with Gasteiger partial charge in [0.1, 0.15) is 0 Å². The molecule has 0 spiro atoms. The maximum Gasteiger partial charge on any atom is 0.319 e. The molecule has 9 nitrogen and oxygen atoms in total. The fraction of sp³-hybridized carbons (Fsp3) is 0.737. The van der Waals surface area contributed by atoms with E-state index in [4.69, 9.17) is 4.74 Å². The molecule has 1 N–H and O–H groups in total. The summed E-state index contributed by atoms with van der Waals surface area (Å²) in [5.41, 5.74) is 1.81. The Morgan fingerprint density at radius 1 is 1.32 bits per heavy atom. The molecule has 0 radical (unpaired) electrons. The Kier molecular flexibility index (Phi) is 6.56. The monoisotopic (exact) mass is 392 g/mol. The lowest BCUT2D eigenvalue weighted by atomic mass is 10.1. The van der Waals surface area contributed by atoms with Gasteiger partial charge in [-0.1, -0.05) is 0 Å². The first-order valence-electron chi connectivity index (χ1n) is 9.97. The molecule has 1 aromatic heterocycles. The van der Waals surface area contributed by atoms with Crippen molar-refractivity contribution in [2.24, 2.45) is 0 Å². The third kappa shape index (κ3) is 5.02. The summed E-state index contributed by atoms with van der Waals surface area (Å²) in [4.78, 5) is 30.2. The van der Waals surface area contributed by atoms with Gasteiger partial charge in [-0.15, -0.1) is 0 Å². The highest BCUT2D eigenvalue weighted by Gasteiger charge is 2.25. The number of nitrogens with one attached hydrogen (secondary N) is 1. The third-order valence-electron chi connectivity index (χ3n) is 5.28. The predicted octanol–water partition coefficient (Wildman–Crippen LogP) is 0.496. The Hall–Kier alpha value is -2.13. The van der Waals surface area contributed by atoms with E-state index in [2.05, 4.69) is 29.2 Å². The number of hydrogen-bond donors (Lipinski definition) is 1. The number of rotatable bonds is 5. The number of carbonyl (C=O) groups is 2. The van der Waals surface area contributed by atoms with Crippen molar-refractivity contribution < 1.29 is 14.3 Å². The maximum absolute atomic E-state index is 12.3. The van der Waals surface area contributed by atoms with E-state index in [9.17, 15) is 9.59 Å². The SMILES string of the molecule is CC(C)N1CCO[C@H](CC(=O)NCc2cc3n(n2)CCN(C(=O)N(C)C)C3)C1. The first kappa shape index (κ1) is 20.6. The molecule has 28 heavy (non-hydrogen) atoms. The van der Waals surface area contributed by atoms with Crippen molar-refractivity contribution in [1.29, 1.82) is 0 Å². The molecule has 2 aliphatic heterocycles. The van der Waals surface area contributed by atoms with Crippen LogP contribution in [0.2, 0.25) is 0 Å². The van der Waals surface area contributed by atoms with Crippen molar-refractivity contribution in [3.05, 3.63) is 17.5 Å². The Bertz CT molecular complexity index is 702. The summed E-state index contributed by atoms with van der Waals surface area (Å²) in [5, 5.41) is 7.50. The topological polar surface area (TPSA) is 82.9 Å². The average molecular weight is 393 g/mol. The van der Waals surface area contributed by atoms with Gasteiger partial charge in [0.25, 0.3) is 0 Å². The molecule has 0 unspecified atom stereocenters. The summed E-state index contributed by atoms with van der Waals surface area (Å²) in [7, 11) is 3.51. The van der Waals surface area contributed by atoms with Gasteiger partial charge in [-0.05, 0) is 19.9 Å². The summed E-state index contributed by atoms with van der Waals surface area (Å²) in [6.07, 6.45) is 0.305. The first-order chi connectivity index (χ1) is 13.3. The van der Waals surface area contributed by atoms with Crippen LogP contribution >= 0.6 is 0 Å². The predicted molar refractivity (Wildman–Crippen MR) is 105 cm³/mol. The van der Waals surface area contributed by atoms with Gasteiger partial charge in [-0.2, -0.15) is 5.10 Å². The number of ether oxygens (including phenoxy) is 1. The highest BCUT2D eigenvalue weighted by atomic mass is 16.5. The van der Waals surface area contributed by atoms with Crippen molar-refractivity contribution in [3.63, 3.8) is 0 Å². The fourth-order valence-corrected chi connectivity index (χ4v) is 3.66. The number of fused-ring (bicyclic) bond motifs is 1. The van der Waals surface area contributed by atoms with E-state index < -0.39 is 0 Å². The van der Waals surface area contributed by atoms with Crippen molar-refractivity contribution in [3.8, 4) is 0 Å². The van der Waals surface area contributed by atoms with Crippen LogP contribution in [0, 0.1) is 0 Å². The second-order valence-corrected chi connectivity index (χ2v) is 8.01. The Morgan fingerprint density at radius 3 is 2.82 bits per heavy atom. The largest absolute Gasteiger partial charge is 0.375 e. The molecule has 1 saturated heterocycles. The van der Waals surface area contributed by atoms with Crippen LogP contribution in [0.4, 0.5) is 4.79 Å². The number of morpholine rings is 1. The van der Waals surface area contributed by atoms with Crippen LogP contribution in [0.15, 0.2) is 6.07 Å². The third-order valence-corrected chi connectivity index (χ3v) is 5.28. The van der Waals surface area contributed by atoms with Crippen LogP contribution in [-0.2, 0) is 29.2 Å². The second-order valence-electron chi connectivity index (χ2n) is 8.01. The Balaban J connectivity index is 1.48. The zero-order valence-corrected chi connectivity index (χ0v) is 17.3. The molecule has 2 aliphatic rings. The minimum Gasteiger partial charge on any atom is -0.375 e. The van der Waals surface area contributed by atoms with Gasteiger partial charge in [-0.25, -0.2) is 4.79 Å². The lowest BCUT2D eigenvalue weighted by molar-refractivity contribution is -0.126. The van der Waals surface area contributed by atoms with Crippen molar-refractivity contribution in [2.75, 3.05) is 40.3 Å². The van der Waals surface area contributed by atoms with Crippen molar-refractivity contribution in [2.45, 2.75) is 52.0 Å². The second kappa shape index (κ2) is 8.91. The van der Waals surface area contributed by atoms with Crippen LogP contribution in [0.25, 0.3) is 0 Å². The molecule has 1 fully saturated rings. The number of aromatic nitrogens is 2. The highest BCUT2D eigenvalue weighted by Crippen LogP contribution is 2.15. The van der Waals surface area contributed by atoms with Crippen molar-refractivity contribution >= 4 is 11.9 Å². The van der Waals surface area contributed by atoms with Crippen molar-refractivity contribution in [1.82, 2.24) is 29.8 Å². The molecule has 3 heterocycles. The van der Waals surface area contributed by atoms with Gasteiger partial charge in [0.15, 0.2) is 0 Å². The molecule has 9 heteroatoms. The number of amides is 3. The molecule has 3 rings (SSSR count). The molecular formula is C19H32N6O3. The molecule has 0 aliphatic carbocycles. The molecular weight excluding hydrogens is 360 g/mol. The van der Waals surface area contributed by atoms with E-state index in [1.165, 1.54) is 0 Å². The lowest BCUT2D eigenvalue weighted by Gasteiger charge is -2.35. The van der Waals surface area contributed by atoms with E-state index in [1.54, 1.807) is 23.9 Å². The van der Waals surface area contributed by atoms with Crippen LogP contribution in [0.3, 0.4) is 0 Å². The quantitative estimate of drug-likeness (QED) is 0.789. The summed E-state index contributed by atoms with van der Waals surface area (Å²) >= 11 is 0. The molecule has 1 aromatic rings. The van der Waals surface area contributed by atoms with E-state index in [1.807, 2.05) is 10.7 Å². The summed E-state index contributed by atoms with van der Waals surface area (Å²) in [6.45, 7) is 8.95. The van der Waals surface area contributed by atoms with Crippen LogP contribution in [0.5, 0.6) is 0 Å². The van der Waals surface area contributed by atoms with Gasteiger partial charge in [0.05, 0.1) is 50.2 Å². The number of carbonyl (C=O) groups excluding carboxylic acids is 2. The van der Waals surface area contributed by atoms with Crippen LogP contribution in [-0.4, -0.2) is 88.9 Å². The van der Waals surface area contributed by atoms with Crippen LogP contribution < -0.4 is 5.32 Å². The minimum absolute atomic E-state index is 0.00484. The summed E-state index contributed by atoms with van der Waals surface area (Å²) in [6, 6.07) is 2.43. The van der Waals surface area contributed by atoms with E-state index in [0.29, 0.717) is 45.2 Å². The average Bonchev–Trinajstić information content (AvgIpc) is 3.08. The van der Waals surface area contributed by atoms with Gasteiger partial charge < -0.3 is 19.9 Å². The molecule has 1 atom stereocenters. The molecule has 156 valence electrons. The van der Waals surface area contributed by atoms with Crippen LogP contribution in [0.1, 0.15) is 31.7 Å².